The first kappa shape index (κ1) is 24.3. The van der Waals surface area contributed by atoms with Gasteiger partial charge in [-0.15, -0.1) is 13.2 Å². The van der Waals surface area contributed by atoms with Gasteiger partial charge in [-0.1, -0.05) is 36.4 Å². The Morgan fingerprint density at radius 2 is 1.31 bits per heavy atom. The van der Waals surface area contributed by atoms with Gasteiger partial charge in [-0.05, 0) is 35.4 Å². The van der Waals surface area contributed by atoms with Crippen LogP contribution in [0.2, 0.25) is 0 Å². The predicted molar refractivity (Wildman–Crippen MR) is 136 cm³/mol. The first-order valence-corrected chi connectivity index (χ1v) is 11.5. The van der Waals surface area contributed by atoms with Gasteiger partial charge >= 0.3 is 0 Å². The summed E-state index contributed by atoms with van der Waals surface area (Å²) in [5.74, 6) is 0.854. The fourth-order valence-electron chi connectivity index (χ4n) is 4.14. The van der Waals surface area contributed by atoms with E-state index < -0.39 is 0 Å². The monoisotopic (exact) mass is 477 g/mol. The highest BCUT2D eigenvalue weighted by molar-refractivity contribution is 5.45. The second-order valence-electron chi connectivity index (χ2n) is 8.16. The molecule has 0 atom stereocenters. The molecule has 2 heterocycles. The lowest BCUT2D eigenvalue weighted by atomic mass is 9.96. The Kier molecular flexibility index (Phi) is 7.99. The lowest BCUT2D eigenvalue weighted by Crippen LogP contribution is -2.48. The summed E-state index contributed by atoms with van der Waals surface area (Å²) in [7, 11) is 0. The minimum absolute atomic E-state index is 0.267. The quantitative estimate of drug-likeness (QED) is 0.423. The van der Waals surface area contributed by atoms with E-state index in [4.69, 9.17) is 0 Å². The molecule has 1 aliphatic rings. The molecule has 1 aliphatic heterocycles. The first-order valence-electron chi connectivity index (χ1n) is 11.5. The highest BCUT2D eigenvalue weighted by Gasteiger charge is 2.28. The van der Waals surface area contributed by atoms with Gasteiger partial charge < -0.3 is 15.5 Å². The number of rotatable bonds is 10. The molecule has 2 aromatic carbocycles. The summed E-state index contributed by atoms with van der Waals surface area (Å²) in [5, 5.41) is 6.23. The third kappa shape index (κ3) is 6.19. The maximum Gasteiger partial charge on any atom is 0.232 e. The van der Waals surface area contributed by atoms with Crippen LogP contribution in [0.15, 0.2) is 73.8 Å². The minimum atomic E-state index is -0.313. The Bertz CT molecular complexity index is 1090. The molecule has 2 N–H and O–H groups in total. The molecule has 1 saturated heterocycles. The molecule has 1 fully saturated rings. The Labute approximate surface area is 204 Å². The van der Waals surface area contributed by atoms with Crippen molar-refractivity contribution >= 4 is 17.8 Å². The fraction of sp³-hybridized carbons (Fsp3) is 0.269. The van der Waals surface area contributed by atoms with Crippen LogP contribution in [0, 0.1) is 11.6 Å². The van der Waals surface area contributed by atoms with Crippen molar-refractivity contribution in [1.82, 2.24) is 19.9 Å². The Hall–Kier alpha value is -3.85. The van der Waals surface area contributed by atoms with E-state index in [2.05, 4.69) is 48.5 Å². The van der Waals surface area contributed by atoms with E-state index in [1.165, 1.54) is 24.3 Å². The molecule has 0 unspecified atom stereocenters. The Morgan fingerprint density at radius 3 is 1.77 bits per heavy atom. The molecule has 3 aromatic rings. The Morgan fingerprint density at radius 1 is 0.800 bits per heavy atom. The molecule has 7 nitrogen and oxygen atoms in total. The third-order valence-corrected chi connectivity index (χ3v) is 5.72. The molecule has 9 heteroatoms. The lowest BCUT2D eigenvalue weighted by Gasteiger charge is -2.39. The van der Waals surface area contributed by atoms with E-state index in [0.717, 1.165) is 11.1 Å². The largest absolute Gasteiger partial charge is 0.351 e. The van der Waals surface area contributed by atoms with E-state index in [1.54, 1.807) is 24.3 Å². The summed E-state index contributed by atoms with van der Waals surface area (Å²) < 4.78 is 28.2. The molecule has 4 rings (SSSR count). The van der Waals surface area contributed by atoms with Gasteiger partial charge in [0, 0.05) is 39.3 Å². The summed E-state index contributed by atoms with van der Waals surface area (Å²) in [6.45, 7) is 11.1. The van der Waals surface area contributed by atoms with Gasteiger partial charge in [0.05, 0.1) is 6.04 Å². The number of halogens is 2. The van der Waals surface area contributed by atoms with Crippen molar-refractivity contribution in [2.75, 3.05) is 54.8 Å². The van der Waals surface area contributed by atoms with E-state index in [-0.39, 0.29) is 17.7 Å². The van der Waals surface area contributed by atoms with Crippen molar-refractivity contribution in [2.45, 2.75) is 6.04 Å². The maximum atomic E-state index is 14.1. The smallest absolute Gasteiger partial charge is 0.232 e. The molecular weight excluding hydrogens is 448 g/mol. The van der Waals surface area contributed by atoms with E-state index in [9.17, 15) is 8.78 Å². The van der Waals surface area contributed by atoms with Crippen molar-refractivity contribution in [2.24, 2.45) is 0 Å². The van der Waals surface area contributed by atoms with Crippen molar-refractivity contribution in [3.63, 3.8) is 0 Å². The van der Waals surface area contributed by atoms with Crippen LogP contribution in [0.1, 0.15) is 17.2 Å². The van der Waals surface area contributed by atoms with Crippen LogP contribution in [-0.2, 0) is 0 Å². The fourth-order valence-corrected chi connectivity index (χ4v) is 4.14. The van der Waals surface area contributed by atoms with Gasteiger partial charge in [-0.3, -0.25) is 4.90 Å². The second-order valence-corrected chi connectivity index (χ2v) is 8.16. The molecular formula is C26H29F2N7. The average molecular weight is 478 g/mol. The van der Waals surface area contributed by atoms with Crippen LogP contribution < -0.4 is 15.5 Å². The minimum Gasteiger partial charge on any atom is -0.351 e. The molecule has 0 spiro atoms. The highest BCUT2D eigenvalue weighted by atomic mass is 19.1. The standard InChI is InChI=1S/C26H29F2N7/c1-3-11-29-24-31-25(30-12-4-2)33-26(32-24)35-15-13-34(14-16-35)23(19-7-5-9-21(27)17-19)20-8-6-10-22(28)18-20/h3-10,17-18,23H,1-2,11-16H2,(H2,29,30,31,32,33). The molecule has 35 heavy (non-hydrogen) atoms. The zero-order valence-electron chi connectivity index (χ0n) is 19.5. The predicted octanol–water partition coefficient (Wildman–Crippen LogP) is 4.26. The zero-order chi connectivity index (χ0) is 24.6. The highest BCUT2D eigenvalue weighted by Crippen LogP contribution is 2.31. The topological polar surface area (TPSA) is 69.2 Å². The number of nitrogens with zero attached hydrogens (tertiary/aromatic N) is 5. The zero-order valence-corrected chi connectivity index (χ0v) is 19.5. The molecule has 1 aromatic heterocycles. The van der Waals surface area contributed by atoms with Gasteiger partial charge in [0.1, 0.15) is 11.6 Å². The van der Waals surface area contributed by atoms with Gasteiger partial charge in [-0.2, -0.15) is 15.0 Å². The number of anilines is 3. The maximum absolute atomic E-state index is 14.1. The lowest BCUT2D eigenvalue weighted by molar-refractivity contribution is 0.211. The Balaban J connectivity index is 1.56. The molecule has 182 valence electrons. The van der Waals surface area contributed by atoms with E-state index in [1.807, 2.05) is 12.1 Å². The molecule has 0 amide bonds. The van der Waals surface area contributed by atoms with Crippen LogP contribution in [0.5, 0.6) is 0 Å². The second kappa shape index (κ2) is 11.5. The van der Waals surface area contributed by atoms with Crippen LogP contribution in [0.3, 0.4) is 0 Å². The summed E-state index contributed by atoms with van der Waals surface area (Å²) in [6, 6.07) is 12.7. The van der Waals surface area contributed by atoms with Crippen LogP contribution in [0.4, 0.5) is 26.6 Å². The number of hydrogen-bond acceptors (Lipinski definition) is 7. The van der Waals surface area contributed by atoms with Crippen molar-refractivity contribution < 1.29 is 8.78 Å². The third-order valence-electron chi connectivity index (χ3n) is 5.72. The van der Waals surface area contributed by atoms with E-state index in [0.29, 0.717) is 57.1 Å². The summed E-state index contributed by atoms with van der Waals surface area (Å²) in [4.78, 5) is 17.9. The molecule has 0 radical (unpaired) electrons. The molecule has 0 bridgehead atoms. The summed E-state index contributed by atoms with van der Waals surface area (Å²) >= 11 is 0. The average Bonchev–Trinajstić information content (AvgIpc) is 2.87. The summed E-state index contributed by atoms with van der Waals surface area (Å²) in [5.41, 5.74) is 1.58. The number of benzene rings is 2. The number of hydrogen-bond donors (Lipinski definition) is 2. The summed E-state index contributed by atoms with van der Waals surface area (Å²) in [6.07, 6.45) is 3.47. The number of aromatic nitrogens is 3. The van der Waals surface area contributed by atoms with Crippen molar-refractivity contribution in [3.8, 4) is 0 Å². The van der Waals surface area contributed by atoms with Gasteiger partial charge in [0.25, 0.3) is 0 Å². The van der Waals surface area contributed by atoms with Crippen LogP contribution in [-0.4, -0.2) is 59.1 Å². The van der Waals surface area contributed by atoms with Crippen molar-refractivity contribution in [3.05, 3.63) is 96.6 Å². The van der Waals surface area contributed by atoms with Gasteiger partial charge in [0.15, 0.2) is 0 Å². The van der Waals surface area contributed by atoms with Crippen molar-refractivity contribution in [1.29, 1.82) is 0 Å². The normalized spacial score (nSPS) is 14.1. The molecule has 0 aliphatic carbocycles. The number of piperazine rings is 1. The first-order chi connectivity index (χ1) is 17.1. The number of nitrogens with one attached hydrogen (secondary N) is 2. The van der Waals surface area contributed by atoms with E-state index >= 15 is 0 Å². The van der Waals surface area contributed by atoms with Gasteiger partial charge in [-0.25, -0.2) is 8.78 Å². The SMILES string of the molecule is C=CCNc1nc(NCC=C)nc(N2CCN(C(c3cccc(F)c3)c3cccc(F)c3)CC2)n1. The molecule has 0 saturated carbocycles. The van der Waals surface area contributed by atoms with Crippen LogP contribution in [0.25, 0.3) is 0 Å². The van der Waals surface area contributed by atoms with Crippen LogP contribution >= 0.6 is 0 Å². The van der Waals surface area contributed by atoms with Gasteiger partial charge in [0.2, 0.25) is 17.8 Å².